The Morgan fingerprint density at radius 1 is 0.760 bits per heavy atom. The summed E-state index contributed by atoms with van der Waals surface area (Å²) < 4.78 is 58.1. The summed E-state index contributed by atoms with van der Waals surface area (Å²) in [6.45, 7) is -6.53. The second-order valence-electron chi connectivity index (χ2n) is 5.17. The molecule has 1 aliphatic carbocycles. The molecule has 0 amide bonds. The van der Waals surface area contributed by atoms with Crippen LogP contribution >= 0.6 is 0 Å². The molecule has 130 valence electrons. The number of ether oxygens (including phenoxy) is 2. The Hall–Kier alpha value is -2.90. The Morgan fingerprint density at radius 2 is 1.28 bits per heavy atom. The quantitative estimate of drug-likeness (QED) is 0.600. The van der Waals surface area contributed by atoms with Crippen molar-refractivity contribution in [3.63, 3.8) is 0 Å². The largest absolute Gasteiger partial charge is 0.431 e. The van der Waals surface area contributed by atoms with Crippen LogP contribution in [0.15, 0.2) is 42.5 Å². The molecular weight excluding hydrogens is 344 g/mol. The number of alkyl halides is 4. The van der Waals surface area contributed by atoms with Crippen LogP contribution in [-0.2, 0) is 0 Å². The summed E-state index contributed by atoms with van der Waals surface area (Å²) in [4.78, 5) is 24.9. The molecule has 0 spiro atoms. The van der Waals surface area contributed by atoms with E-state index in [2.05, 4.69) is 9.47 Å². The van der Waals surface area contributed by atoms with Crippen LogP contribution in [0, 0.1) is 0 Å². The summed E-state index contributed by atoms with van der Waals surface area (Å²) in [7, 11) is 0. The first-order chi connectivity index (χ1) is 11.9. The molecule has 0 unspecified atom stereocenters. The van der Waals surface area contributed by atoms with Gasteiger partial charge >= 0.3 is 13.2 Å². The minimum Gasteiger partial charge on any atom is -0.431 e. The highest BCUT2D eigenvalue weighted by molar-refractivity contribution is 6.29. The predicted octanol–water partition coefficient (Wildman–Crippen LogP) is 4.05. The van der Waals surface area contributed by atoms with Crippen molar-refractivity contribution in [3.05, 3.63) is 59.2 Å². The maximum Gasteiger partial charge on any atom is 0.387 e. The highest BCUT2D eigenvalue weighted by Crippen LogP contribution is 2.38. The summed E-state index contributed by atoms with van der Waals surface area (Å²) in [5.41, 5.74) is 0.506. The summed E-state index contributed by atoms with van der Waals surface area (Å²) >= 11 is 0. The first-order valence-corrected chi connectivity index (χ1v) is 7.09. The van der Waals surface area contributed by atoms with Crippen molar-refractivity contribution in [2.45, 2.75) is 19.1 Å². The fourth-order valence-corrected chi connectivity index (χ4v) is 2.73. The van der Waals surface area contributed by atoms with Crippen molar-refractivity contribution in [2.24, 2.45) is 0 Å². The topological polar surface area (TPSA) is 52.6 Å². The van der Waals surface area contributed by atoms with Crippen LogP contribution in [0.25, 0.3) is 0 Å². The fourth-order valence-electron chi connectivity index (χ4n) is 2.73. The van der Waals surface area contributed by atoms with Gasteiger partial charge in [0.25, 0.3) is 0 Å². The molecule has 0 fully saturated rings. The lowest BCUT2D eigenvalue weighted by atomic mass is 9.94. The molecule has 0 N–H and O–H groups in total. The Labute approximate surface area is 139 Å². The summed E-state index contributed by atoms with van der Waals surface area (Å²) in [5.74, 6) is -3.52. The second kappa shape index (κ2) is 6.54. The Morgan fingerprint density at radius 3 is 1.80 bits per heavy atom. The molecule has 3 rings (SSSR count). The van der Waals surface area contributed by atoms with Crippen LogP contribution in [0.1, 0.15) is 32.2 Å². The van der Waals surface area contributed by atoms with Crippen molar-refractivity contribution in [1.82, 2.24) is 0 Å². The standard InChI is InChI=1S/C17H10F4O4/c18-16(19)24-11-6-5-8(7-12(11)25-17(20)21)13-14(22)9-3-1-2-4-10(9)15(13)23/h1-7,13,16-17H. The zero-order valence-electron chi connectivity index (χ0n) is 12.4. The Kier molecular flexibility index (Phi) is 4.43. The summed E-state index contributed by atoms with van der Waals surface area (Å²) in [5, 5.41) is 0. The molecule has 0 radical (unpaired) electrons. The van der Waals surface area contributed by atoms with Gasteiger partial charge in [0.15, 0.2) is 23.1 Å². The van der Waals surface area contributed by atoms with Crippen molar-refractivity contribution < 1.29 is 36.6 Å². The number of rotatable bonds is 5. The molecule has 8 heteroatoms. The first-order valence-electron chi connectivity index (χ1n) is 7.09. The van der Waals surface area contributed by atoms with Gasteiger partial charge in [0, 0.05) is 11.1 Å². The maximum absolute atomic E-state index is 12.5. The van der Waals surface area contributed by atoms with E-state index in [9.17, 15) is 27.2 Å². The molecule has 1 aliphatic rings. The second-order valence-corrected chi connectivity index (χ2v) is 5.17. The minimum absolute atomic E-state index is 0.0588. The Balaban J connectivity index is 2.01. The number of carbonyl (C=O) groups is 2. The van der Waals surface area contributed by atoms with Gasteiger partial charge in [-0.15, -0.1) is 0 Å². The maximum atomic E-state index is 12.5. The molecule has 0 atom stereocenters. The van der Waals surface area contributed by atoms with Crippen LogP contribution in [0.4, 0.5) is 17.6 Å². The molecule has 2 aromatic carbocycles. The molecule has 4 nitrogen and oxygen atoms in total. The molecule has 0 saturated heterocycles. The highest BCUT2D eigenvalue weighted by atomic mass is 19.3. The van der Waals surface area contributed by atoms with Crippen LogP contribution in [0.2, 0.25) is 0 Å². The Bertz CT molecular complexity index is 800. The van der Waals surface area contributed by atoms with E-state index in [0.29, 0.717) is 0 Å². The fraction of sp³-hybridized carbons (Fsp3) is 0.176. The zero-order valence-corrected chi connectivity index (χ0v) is 12.4. The SMILES string of the molecule is O=C1c2ccccc2C(=O)C1c1ccc(OC(F)F)c(OC(F)F)c1. The summed E-state index contributed by atoms with van der Waals surface area (Å²) in [6.07, 6.45) is 0. The van der Waals surface area contributed by atoms with Gasteiger partial charge in [-0.1, -0.05) is 30.3 Å². The van der Waals surface area contributed by atoms with Crippen molar-refractivity contribution in [3.8, 4) is 11.5 Å². The van der Waals surface area contributed by atoms with Crippen LogP contribution < -0.4 is 9.47 Å². The molecular formula is C17H10F4O4. The van der Waals surface area contributed by atoms with Crippen LogP contribution in [0.5, 0.6) is 11.5 Å². The molecule has 0 aromatic heterocycles. The average Bonchev–Trinajstić information content (AvgIpc) is 2.80. The van der Waals surface area contributed by atoms with E-state index >= 15 is 0 Å². The van der Waals surface area contributed by atoms with E-state index in [1.54, 1.807) is 12.1 Å². The van der Waals surface area contributed by atoms with Crippen LogP contribution in [-0.4, -0.2) is 24.8 Å². The van der Waals surface area contributed by atoms with Gasteiger partial charge < -0.3 is 9.47 Å². The molecule has 0 saturated carbocycles. The summed E-state index contributed by atoms with van der Waals surface area (Å²) in [6, 6.07) is 9.26. The molecule has 25 heavy (non-hydrogen) atoms. The van der Waals surface area contributed by atoms with E-state index in [1.165, 1.54) is 18.2 Å². The third-order valence-electron chi connectivity index (χ3n) is 3.72. The molecule has 0 bridgehead atoms. The molecule has 2 aromatic rings. The van der Waals surface area contributed by atoms with Gasteiger partial charge in [-0.3, -0.25) is 9.59 Å². The predicted molar refractivity (Wildman–Crippen MR) is 77.6 cm³/mol. The average molecular weight is 354 g/mol. The van der Waals surface area contributed by atoms with Gasteiger partial charge in [0.05, 0.1) is 0 Å². The number of ketones is 2. The monoisotopic (exact) mass is 354 g/mol. The zero-order chi connectivity index (χ0) is 18.1. The number of halogens is 4. The van der Waals surface area contributed by atoms with E-state index < -0.39 is 42.2 Å². The van der Waals surface area contributed by atoms with E-state index in [1.807, 2.05) is 0 Å². The van der Waals surface area contributed by atoms with Gasteiger partial charge in [-0.25, -0.2) is 0 Å². The lowest BCUT2D eigenvalue weighted by molar-refractivity contribution is -0.0692. The third kappa shape index (κ3) is 3.19. The highest BCUT2D eigenvalue weighted by Gasteiger charge is 2.39. The minimum atomic E-state index is -3.29. The van der Waals surface area contributed by atoms with E-state index in [-0.39, 0.29) is 16.7 Å². The number of hydrogen-bond donors (Lipinski definition) is 0. The number of carbonyl (C=O) groups excluding carboxylic acids is 2. The third-order valence-corrected chi connectivity index (χ3v) is 3.72. The lowest BCUT2D eigenvalue weighted by Gasteiger charge is -2.14. The molecule has 0 aliphatic heterocycles. The number of fused-ring (bicyclic) bond motifs is 1. The smallest absolute Gasteiger partial charge is 0.387 e. The van der Waals surface area contributed by atoms with Crippen LogP contribution in [0.3, 0.4) is 0 Å². The van der Waals surface area contributed by atoms with Crippen molar-refractivity contribution in [2.75, 3.05) is 0 Å². The van der Waals surface area contributed by atoms with Crippen molar-refractivity contribution in [1.29, 1.82) is 0 Å². The number of hydrogen-bond acceptors (Lipinski definition) is 4. The lowest BCUT2D eigenvalue weighted by Crippen LogP contribution is -2.14. The molecule has 0 heterocycles. The van der Waals surface area contributed by atoms with Gasteiger partial charge in [-0.05, 0) is 17.7 Å². The van der Waals surface area contributed by atoms with Gasteiger partial charge in [-0.2, -0.15) is 17.6 Å². The number of benzene rings is 2. The normalized spacial score (nSPS) is 14.3. The number of Topliss-reactive ketones (excluding diaryl/α,β-unsaturated/α-hetero) is 2. The van der Waals surface area contributed by atoms with E-state index in [0.717, 1.165) is 12.1 Å². The van der Waals surface area contributed by atoms with E-state index in [4.69, 9.17) is 0 Å². The van der Waals surface area contributed by atoms with Crippen molar-refractivity contribution >= 4 is 11.6 Å². The van der Waals surface area contributed by atoms with Gasteiger partial charge in [0.1, 0.15) is 5.92 Å². The van der Waals surface area contributed by atoms with Gasteiger partial charge in [0.2, 0.25) is 0 Å². The first kappa shape index (κ1) is 16.9.